The molecule has 0 bridgehead atoms. The van der Waals surface area contributed by atoms with Gasteiger partial charge in [-0.1, -0.05) is 6.07 Å². The number of carboxylic acid groups (broad SMARTS) is 1. The van der Waals surface area contributed by atoms with Gasteiger partial charge in [0.2, 0.25) is 0 Å². The predicted molar refractivity (Wildman–Crippen MR) is 72.8 cm³/mol. The normalized spacial score (nSPS) is 10.7. The molecule has 0 spiro atoms. The third-order valence-corrected chi connectivity index (χ3v) is 2.99. The first kappa shape index (κ1) is 13.3. The number of carbonyl (C=O) groups is 1. The standard InChI is InChI=1S/C14H16N2O3/c1-8-4-5-11(19-3)13-12(8)10(14(17)18)6-9(16-13)7-15-2/h4-6,15H,7H2,1-3H3,(H,17,18). The highest BCUT2D eigenvalue weighted by molar-refractivity contribution is 6.05. The van der Waals surface area contributed by atoms with Crippen molar-refractivity contribution in [2.75, 3.05) is 14.2 Å². The Balaban J connectivity index is 2.85. The number of benzene rings is 1. The summed E-state index contributed by atoms with van der Waals surface area (Å²) in [5, 5.41) is 13.0. The van der Waals surface area contributed by atoms with Crippen LogP contribution < -0.4 is 10.1 Å². The molecule has 0 unspecified atom stereocenters. The van der Waals surface area contributed by atoms with E-state index in [0.717, 1.165) is 5.56 Å². The lowest BCUT2D eigenvalue weighted by Gasteiger charge is -2.12. The first-order valence-corrected chi connectivity index (χ1v) is 5.93. The Labute approximate surface area is 111 Å². The van der Waals surface area contributed by atoms with Crippen molar-refractivity contribution in [1.29, 1.82) is 0 Å². The van der Waals surface area contributed by atoms with Gasteiger partial charge in [-0.15, -0.1) is 0 Å². The smallest absolute Gasteiger partial charge is 0.336 e. The third-order valence-electron chi connectivity index (χ3n) is 2.99. The highest BCUT2D eigenvalue weighted by Gasteiger charge is 2.16. The van der Waals surface area contributed by atoms with Gasteiger partial charge in [-0.25, -0.2) is 9.78 Å². The van der Waals surface area contributed by atoms with Gasteiger partial charge in [0, 0.05) is 11.9 Å². The minimum atomic E-state index is -0.957. The van der Waals surface area contributed by atoms with Crippen LogP contribution in [-0.2, 0) is 6.54 Å². The Hall–Kier alpha value is -2.14. The average molecular weight is 260 g/mol. The van der Waals surface area contributed by atoms with Gasteiger partial charge in [0.25, 0.3) is 0 Å². The number of ether oxygens (including phenoxy) is 1. The summed E-state index contributed by atoms with van der Waals surface area (Å²) >= 11 is 0. The molecule has 5 nitrogen and oxygen atoms in total. The van der Waals surface area contributed by atoms with Crippen molar-refractivity contribution in [1.82, 2.24) is 10.3 Å². The quantitative estimate of drug-likeness (QED) is 0.879. The average Bonchev–Trinajstić information content (AvgIpc) is 2.38. The fraction of sp³-hybridized carbons (Fsp3) is 0.286. The molecule has 2 aromatic rings. The molecule has 2 rings (SSSR count). The van der Waals surface area contributed by atoms with E-state index in [1.54, 1.807) is 26.3 Å². The number of fused-ring (bicyclic) bond motifs is 1. The van der Waals surface area contributed by atoms with E-state index >= 15 is 0 Å². The summed E-state index contributed by atoms with van der Waals surface area (Å²) < 4.78 is 5.27. The number of nitrogens with zero attached hydrogens (tertiary/aromatic N) is 1. The van der Waals surface area contributed by atoms with Crippen LogP contribution in [-0.4, -0.2) is 30.2 Å². The number of aromatic nitrogens is 1. The molecule has 1 aromatic carbocycles. The van der Waals surface area contributed by atoms with Gasteiger partial charge in [-0.3, -0.25) is 0 Å². The van der Waals surface area contributed by atoms with Crippen LogP contribution in [0.5, 0.6) is 5.75 Å². The van der Waals surface area contributed by atoms with Gasteiger partial charge in [0.1, 0.15) is 11.3 Å². The van der Waals surface area contributed by atoms with Crippen LogP contribution >= 0.6 is 0 Å². The SMILES string of the molecule is CNCc1cc(C(=O)O)c2c(C)ccc(OC)c2n1. The van der Waals surface area contributed by atoms with E-state index in [9.17, 15) is 9.90 Å². The zero-order valence-electron chi connectivity index (χ0n) is 11.2. The van der Waals surface area contributed by atoms with E-state index in [-0.39, 0.29) is 5.56 Å². The van der Waals surface area contributed by atoms with Crippen molar-refractivity contribution in [3.8, 4) is 5.75 Å². The predicted octanol–water partition coefficient (Wildman–Crippen LogP) is 1.97. The lowest BCUT2D eigenvalue weighted by atomic mass is 10.0. The maximum atomic E-state index is 11.4. The number of aromatic carboxylic acids is 1. The minimum Gasteiger partial charge on any atom is -0.494 e. The van der Waals surface area contributed by atoms with Crippen molar-refractivity contribution >= 4 is 16.9 Å². The molecule has 0 amide bonds. The van der Waals surface area contributed by atoms with Crippen molar-refractivity contribution < 1.29 is 14.6 Å². The zero-order valence-corrected chi connectivity index (χ0v) is 11.2. The second-order valence-corrected chi connectivity index (χ2v) is 4.30. The van der Waals surface area contributed by atoms with E-state index in [4.69, 9.17) is 4.74 Å². The van der Waals surface area contributed by atoms with Gasteiger partial charge in [-0.05, 0) is 31.7 Å². The van der Waals surface area contributed by atoms with Crippen LogP contribution in [0, 0.1) is 6.92 Å². The Morgan fingerprint density at radius 2 is 2.21 bits per heavy atom. The number of nitrogens with one attached hydrogen (secondary N) is 1. The lowest BCUT2D eigenvalue weighted by molar-refractivity contribution is 0.0698. The molecule has 0 atom stereocenters. The van der Waals surface area contributed by atoms with Gasteiger partial charge >= 0.3 is 5.97 Å². The lowest BCUT2D eigenvalue weighted by Crippen LogP contribution is -2.10. The molecule has 0 saturated heterocycles. The molecule has 5 heteroatoms. The van der Waals surface area contributed by atoms with Gasteiger partial charge < -0.3 is 15.2 Å². The second-order valence-electron chi connectivity index (χ2n) is 4.30. The number of pyridine rings is 1. The van der Waals surface area contributed by atoms with Gasteiger partial charge in [0.05, 0.1) is 18.4 Å². The summed E-state index contributed by atoms with van der Waals surface area (Å²) in [4.78, 5) is 15.9. The van der Waals surface area contributed by atoms with Crippen molar-refractivity contribution in [2.45, 2.75) is 13.5 Å². The van der Waals surface area contributed by atoms with Crippen molar-refractivity contribution in [2.24, 2.45) is 0 Å². The van der Waals surface area contributed by atoms with Crippen LogP contribution in [0.3, 0.4) is 0 Å². The monoisotopic (exact) mass is 260 g/mol. The number of hydrogen-bond acceptors (Lipinski definition) is 4. The largest absolute Gasteiger partial charge is 0.494 e. The van der Waals surface area contributed by atoms with Gasteiger partial charge in [-0.2, -0.15) is 0 Å². The maximum Gasteiger partial charge on any atom is 0.336 e. The van der Waals surface area contributed by atoms with Crippen molar-refractivity contribution in [3.05, 3.63) is 35.0 Å². The summed E-state index contributed by atoms with van der Waals surface area (Å²) in [6.45, 7) is 2.38. The Bertz CT molecular complexity index is 638. The van der Waals surface area contributed by atoms with E-state index < -0.39 is 5.97 Å². The molecule has 0 aliphatic carbocycles. The fourth-order valence-electron chi connectivity index (χ4n) is 2.14. The third kappa shape index (κ3) is 2.37. The molecular formula is C14H16N2O3. The number of rotatable bonds is 4. The summed E-state index contributed by atoms with van der Waals surface area (Å²) in [5.74, 6) is -0.373. The Morgan fingerprint density at radius 1 is 1.47 bits per heavy atom. The van der Waals surface area contributed by atoms with Crippen LogP contribution in [0.1, 0.15) is 21.6 Å². The van der Waals surface area contributed by atoms with E-state index in [1.807, 2.05) is 13.0 Å². The summed E-state index contributed by atoms with van der Waals surface area (Å²) in [6, 6.07) is 5.25. The summed E-state index contributed by atoms with van der Waals surface area (Å²) in [6.07, 6.45) is 0. The number of aryl methyl sites for hydroxylation is 1. The number of carboxylic acids is 1. The summed E-state index contributed by atoms with van der Waals surface area (Å²) in [5.41, 5.74) is 2.40. The molecule has 0 saturated carbocycles. The molecule has 1 aromatic heterocycles. The van der Waals surface area contributed by atoms with E-state index in [2.05, 4.69) is 10.3 Å². The Morgan fingerprint density at radius 3 is 2.79 bits per heavy atom. The van der Waals surface area contributed by atoms with E-state index in [1.165, 1.54) is 0 Å². The molecule has 0 radical (unpaired) electrons. The fourth-order valence-corrected chi connectivity index (χ4v) is 2.14. The summed E-state index contributed by atoms with van der Waals surface area (Å²) in [7, 11) is 3.34. The Kier molecular flexibility index (Phi) is 3.66. The second kappa shape index (κ2) is 5.24. The highest BCUT2D eigenvalue weighted by atomic mass is 16.5. The van der Waals surface area contributed by atoms with Crippen LogP contribution in [0.4, 0.5) is 0 Å². The molecule has 19 heavy (non-hydrogen) atoms. The first-order chi connectivity index (χ1) is 9.08. The highest BCUT2D eigenvalue weighted by Crippen LogP contribution is 2.30. The molecule has 0 aliphatic rings. The van der Waals surface area contributed by atoms with Crippen LogP contribution in [0.2, 0.25) is 0 Å². The number of methoxy groups -OCH3 is 1. The van der Waals surface area contributed by atoms with Gasteiger partial charge in [0.15, 0.2) is 0 Å². The molecule has 0 aliphatic heterocycles. The topological polar surface area (TPSA) is 71.5 Å². The van der Waals surface area contributed by atoms with Crippen molar-refractivity contribution in [3.63, 3.8) is 0 Å². The van der Waals surface area contributed by atoms with Crippen LogP contribution in [0.25, 0.3) is 10.9 Å². The molecule has 0 fully saturated rings. The zero-order chi connectivity index (χ0) is 14.0. The first-order valence-electron chi connectivity index (χ1n) is 5.93. The minimum absolute atomic E-state index is 0.256. The molecular weight excluding hydrogens is 244 g/mol. The molecule has 100 valence electrons. The molecule has 2 N–H and O–H groups in total. The number of hydrogen-bond donors (Lipinski definition) is 2. The molecule has 1 heterocycles. The van der Waals surface area contributed by atoms with Crippen LogP contribution in [0.15, 0.2) is 18.2 Å². The van der Waals surface area contributed by atoms with E-state index in [0.29, 0.717) is 28.9 Å². The maximum absolute atomic E-state index is 11.4.